The molecule has 0 aliphatic rings. The average Bonchev–Trinajstić information content (AvgIpc) is 2.53. The van der Waals surface area contributed by atoms with Crippen LogP contribution in [0.2, 0.25) is 0 Å². The first-order chi connectivity index (χ1) is 9.85. The van der Waals surface area contributed by atoms with Gasteiger partial charge in [-0.05, 0) is 17.7 Å². The van der Waals surface area contributed by atoms with Gasteiger partial charge in [-0.1, -0.05) is 18.2 Å². The Bertz CT molecular complexity index is 712. The number of benzene rings is 1. The Morgan fingerprint density at radius 1 is 1.00 bits per heavy atom. The van der Waals surface area contributed by atoms with Gasteiger partial charge >= 0.3 is 0 Å². The number of nitrogens with zero attached hydrogens (tertiary/aromatic N) is 3. The molecule has 0 aliphatic carbocycles. The van der Waals surface area contributed by atoms with Gasteiger partial charge in [0, 0.05) is 18.8 Å². The summed E-state index contributed by atoms with van der Waals surface area (Å²) in [6, 6.07) is 11.6. The Labute approximate surface area is 116 Å². The van der Waals surface area contributed by atoms with Crippen LogP contribution in [-0.2, 0) is 6.54 Å². The zero-order valence-electron chi connectivity index (χ0n) is 11.1. The normalized spacial score (nSPS) is 10.4. The zero-order valence-corrected chi connectivity index (χ0v) is 11.1. The summed E-state index contributed by atoms with van der Waals surface area (Å²) in [7, 11) is 1.60. The summed E-state index contributed by atoms with van der Waals surface area (Å²) in [5, 5.41) is 3.24. The second-order valence-corrected chi connectivity index (χ2v) is 4.31. The number of aromatic nitrogens is 3. The van der Waals surface area contributed by atoms with Crippen LogP contribution in [0.15, 0.2) is 48.8 Å². The van der Waals surface area contributed by atoms with E-state index in [-0.39, 0.29) is 0 Å². The van der Waals surface area contributed by atoms with Gasteiger partial charge in [-0.25, -0.2) is 9.97 Å². The van der Waals surface area contributed by atoms with E-state index in [1.807, 2.05) is 36.4 Å². The van der Waals surface area contributed by atoms with Gasteiger partial charge in [-0.15, -0.1) is 0 Å². The summed E-state index contributed by atoms with van der Waals surface area (Å²) < 4.78 is 5.03. The van der Waals surface area contributed by atoms with E-state index in [0.29, 0.717) is 12.4 Å². The molecule has 1 N–H and O–H groups in total. The summed E-state index contributed by atoms with van der Waals surface area (Å²) in [4.78, 5) is 13.0. The second kappa shape index (κ2) is 5.52. The number of rotatable bonds is 4. The SMILES string of the molecule is COc1ccc(CNc2cnc3ccccc3n2)cn1. The number of anilines is 1. The van der Waals surface area contributed by atoms with E-state index in [9.17, 15) is 0 Å². The number of pyridine rings is 1. The van der Waals surface area contributed by atoms with Gasteiger partial charge in [-0.2, -0.15) is 0 Å². The molecule has 0 atom stereocenters. The molecule has 2 heterocycles. The third-order valence-electron chi connectivity index (χ3n) is 2.93. The van der Waals surface area contributed by atoms with Crippen molar-refractivity contribution in [3.63, 3.8) is 0 Å². The Balaban J connectivity index is 1.72. The van der Waals surface area contributed by atoms with E-state index >= 15 is 0 Å². The number of fused-ring (bicyclic) bond motifs is 1. The van der Waals surface area contributed by atoms with Crippen LogP contribution in [0.1, 0.15) is 5.56 Å². The smallest absolute Gasteiger partial charge is 0.212 e. The van der Waals surface area contributed by atoms with Gasteiger partial charge in [0.1, 0.15) is 5.82 Å². The molecule has 5 heteroatoms. The van der Waals surface area contributed by atoms with E-state index in [4.69, 9.17) is 4.74 Å². The number of para-hydroxylation sites is 2. The largest absolute Gasteiger partial charge is 0.481 e. The highest BCUT2D eigenvalue weighted by Crippen LogP contribution is 2.13. The standard InChI is InChI=1S/C15H14N4O/c1-20-15-7-6-11(9-18-15)8-17-14-10-16-12-4-2-3-5-13(12)19-14/h2-7,9-10H,8H2,1H3,(H,17,19). The molecule has 0 saturated heterocycles. The molecule has 0 fully saturated rings. The molecule has 0 aliphatic heterocycles. The van der Waals surface area contributed by atoms with Crippen LogP contribution < -0.4 is 10.1 Å². The highest BCUT2D eigenvalue weighted by molar-refractivity contribution is 5.75. The van der Waals surface area contributed by atoms with Crippen molar-refractivity contribution in [2.75, 3.05) is 12.4 Å². The van der Waals surface area contributed by atoms with Crippen LogP contribution in [0.25, 0.3) is 11.0 Å². The van der Waals surface area contributed by atoms with Crippen molar-refractivity contribution < 1.29 is 4.74 Å². The molecule has 0 amide bonds. The summed E-state index contributed by atoms with van der Waals surface area (Å²) in [6.45, 7) is 0.643. The monoisotopic (exact) mass is 266 g/mol. The molecule has 3 rings (SSSR count). The molecular formula is C15H14N4O. The molecule has 0 saturated carbocycles. The maximum Gasteiger partial charge on any atom is 0.212 e. The fourth-order valence-electron chi connectivity index (χ4n) is 1.87. The minimum absolute atomic E-state index is 0.610. The minimum atomic E-state index is 0.610. The summed E-state index contributed by atoms with van der Waals surface area (Å²) in [5.74, 6) is 1.36. The molecular weight excluding hydrogens is 252 g/mol. The van der Waals surface area contributed by atoms with Crippen molar-refractivity contribution in [1.29, 1.82) is 0 Å². The number of ether oxygens (including phenoxy) is 1. The lowest BCUT2D eigenvalue weighted by Gasteiger charge is -2.06. The van der Waals surface area contributed by atoms with Crippen molar-refractivity contribution in [3.05, 3.63) is 54.4 Å². The predicted octanol–water partition coefficient (Wildman–Crippen LogP) is 2.65. The Morgan fingerprint density at radius 3 is 2.60 bits per heavy atom. The lowest BCUT2D eigenvalue weighted by molar-refractivity contribution is 0.397. The minimum Gasteiger partial charge on any atom is -0.481 e. The van der Waals surface area contributed by atoms with Crippen LogP contribution in [0, 0.1) is 0 Å². The lowest BCUT2D eigenvalue weighted by atomic mass is 10.3. The first-order valence-corrected chi connectivity index (χ1v) is 6.30. The van der Waals surface area contributed by atoms with E-state index in [1.54, 1.807) is 19.5 Å². The quantitative estimate of drug-likeness (QED) is 0.786. The molecule has 1 aromatic carbocycles. The van der Waals surface area contributed by atoms with Crippen LogP contribution >= 0.6 is 0 Å². The van der Waals surface area contributed by atoms with Gasteiger partial charge in [0.2, 0.25) is 5.88 Å². The van der Waals surface area contributed by atoms with Crippen molar-refractivity contribution >= 4 is 16.9 Å². The van der Waals surface area contributed by atoms with E-state index in [1.165, 1.54) is 0 Å². The molecule has 0 unspecified atom stereocenters. The fraction of sp³-hybridized carbons (Fsp3) is 0.133. The third-order valence-corrected chi connectivity index (χ3v) is 2.93. The first kappa shape index (κ1) is 12.3. The molecule has 20 heavy (non-hydrogen) atoms. The topological polar surface area (TPSA) is 59.9 Å². The van der Waals surface area contributed by atoms with Crippen molar-refractivity contribution in [3.8, 4) is 5.88 Å². The average molecular weight is 266 g/mol. The summed E-state index contributed by atoms with van der Waals surface area (Å²) >= 11 is 0. The van der Waals surface area contributed by atoms with Crippen LogP contribution in [0.5, 0.6) is 5.88 Å². The van der Waals surface area contributed by atoms with E-state index in [0.717, 1.165) is 22.4 Å². The molecule has 100 valence electrons. The van der Waals surface area contributed by atoms with E-state index in [2.05, 4.69) is 20.3 Å². The fourth-order valence-corrected chi connectivity index (χ4v) is 1.87. The molecule has 5 nitrogen and oxygen atoms in total. The summed E-state index contributed by atoms with van der Waals surface area (Å²) in [5.41, 5.74) is 2.83. The molecule has 0 radical (unpaired) electrons. The van der Waals surface area contributed by atoms with E-state index < -0.39 is 0 Å². The lowest BCUT2D eigenvalue weighted by Crippen LogP contribution is -2.02. The van der Waals surface area contributed by atoms with Gasteiger partial charge in [0.15, 0.2) is 0 Å². The number of nitrogens with one attached hydrogen (secondary N) is 1. The van der Waals surface area contributed by atoms with Gasteiger partial charge < -0.3 is 10.1 Å². The molecule has 0 spiro atoms. The molecule has 2 aromatic heterocycles. The van der Waals surface area contributed by atoms with Gasteiger partial charge in [-0.3, -0.25) is 4.98 Å². The van der Waals surface area contributed by atoms with Gasteiger partial charge in [0.25, 0.3) is 0 Å². The Hall–Kier alpha value is -2.69. The highest BCUT2D eigenvalue weighted by atomic mass is 16.5. The number of methoxy groups -OCH3 is 1. The highest BCUT2D eigenvalue weighted by Gasteiger charge is 2.00. The maximum atomic E-state index is 5.03. The zero-order chi connectivity index (χ0) is 13.8. The van der Waals surface area contributed by atoms with Crippen LogP contribution in [0.4, 0.5) is 5.82 Å². The third kappa shape index (κ3) is 2.66. The number of hydrogen-bond acceptors (Lipinski definition) is 5. The van der Waals surface area contributed by atoms with Crippen LogP contribution in [0.3, 0.4) is 0 Å². The Kier molecular flexibility index (Phi) is 3.41. The summed E-state index contributed by atoms with van der Waals surface area (Å²) in [6.07, 6.45) is 3.51. The van der Waals surface area contributed by atoms with Crippen LogP contribution in [-0.4, -0.2) is 22.1 Å². The Morgan fingerprint density at radius 2 is 1.85 bits per heavy atom. The molecule has 0 bridgehead atoms. The van der Waals surface area contributed by atoms with Crippen molar-refractivity contribution in [2.45, 2.75) is 6.54 Å². The van der Waals surface area contributed by atoms with Crippen molar-refractivity contribution in [2.24, 2.45) is 0 Å². The van der Waals surface area contributed by atoms with Crippen molar-refractivity contribution in [1.82, 2.24) is 15.0 Å². The van der Waals surface area contributed by atoms with Gasteiger partial charge in [0.05, 0.1) is 24.3 Å². The maximum absolute atomic E-state index is 5.03. The number of hydrogen-bond donors (Lipinski definition) is 1. The molecule has 3 aromatic rings. The first-order valence-electron chi connectivity index (χ1n) is 6.30. The predicted molar refractivity (Wildman–Crippen MR) is 77.7 cm³/mol. The second-order valence-electron chi connectivity index (χ2n) is 4.31.